The highest BCUT2D eigenvalue weighted by molar-refractivity contribution is 9.11. The quantitative estimate of drug-likeness (QED) is 0.867. The van der Waals surface area contributed by atoms with E-state index >= 15 is 0 Å². The van der Waals surface area contributed by atoms with Crippen LogP contribution in [0.4, 0.5) is 0 Å². The van der Waals surface area contributed by atoms with Gasteiger partial charge in [0.2, 0.25) is 0 Å². The fourth-order valence-electron chi connectivity index (χ4n) is 1.57. The summed E-state index contributed by atoms with van der Waals surface area (Å²) in [5.74, 6) is 0. The summed E-state index contributed by atoms with van der Waals surface area (Å²) >= 11 is 6.99. The highest BCUT2D eigenvalue weighted by Gasteiger charge is 2.04. The van der Waals surface area contributed by atoms with Crippen molar-refractivity contribution in [3.05, 3.63) is 43.2 Å². The Morgan fingerprint density at radius 1 is 1.38 bits per heavy atom. The molecule has 86 valence electrons. The van der Waals surface area contributed by atoms with Crippen molar-refractivity contribution in [2.75, 3.05) is 0 Å². The predicted molar refractivity (Wildman–Crippen MR) is 76.3 cm³/mol. The maximum Gasteiger partial charge on any atom is 0.0701 e. The van der Waals surface area contributed by atoms with Gasteiger partial charge in [-0.15, -0.1) is 11.3 Å². The zero-order valence-electron chi connectivity index (χ0n) is 9.07. The van der Waals surface area contributed by atoms with E-state index in [1.807, 2.05) is 0 Å². The van der Waals surface area contributed by atoms with Crippen LogP contribution in [0.2, 0.25) is 0 Å². The van der Waals surface area contributed by atoms with Gasteiger partial charge >= 0.3 is 0 Å². The smallest absolute Gasteiger partial charge is 0.0701 e. The molecule has 0 aliphatic rings. The monoisotopic (exact) mass is 315 g/mol. The summed E-state index contributed by atoms with van der Waals surface area (Å²) in [5.41, 5.74) is 2.78. The Kier molecular flexibility index (Phi) is 4.58. The first-order valence-electron chi connectivity index (χ1n) is 5.21. The zero-order valence-corrected chi connectivity index (χ0v) is 12.3. The highest BCUT2D eigenvalue weighted by atomic mass is 79.9. The largest absolute Gasteiger partial charge is 0.310 e. The molecule has 2 heterocycles. The summed E-state index contributed by atoms with van der Waals surface area (Å²) in [6.07, 6.45) is 1.11. The Morgan fingerprint density at radius 2 is 2.25 bits per heavy atom. The van der Waals surface area contributed by atoms with E-state index in [0.717, 1.165) is 13.0 Å². The molecule has 1 N–H and O–H groups in total. The van der Waals surface area contributed by atoms with Crippen molar-refractivity contribution in [3.8, 4) is 0 Å². The summed E-state index contributed by atoms with van der Waals surface area (Å²) < 4.78 is 1.20. The van der Waals surface area contributed by atoms with Gasteiger partial charge in [-0.2, -0.15) is 11.3 Å². The Hall–Kier alpha value is -0.160. The average molecular weight is 316 g/mol. The molecule has 0 aliphatic carbocycles. The molecule has 0 amide bonds. The second kappa shape index (κ2) is 5.96. The van der Waals surface area contributed by atoms with E-state index in [2.05, 4.69) is 56.4 Å². The number of halogens is 1. The van der Waals surface area contributed by atoms with Crippen LogP contribution in [0.15, 0.2) is 32.1 Å². The second-order valence-corrected chi connectivity index (χ2v) is 6.95. The van der Waals surface area contributed by atoms with E-state index in [9.17, 15) is 0 Å². The molecular weight excluding hydrogens is 302 g/mol. The van der Waals surface area contributed by atoms with Gasteiger partial charge in [-0.05, 0) is 68.7 Å². The number of nitrogens with one attached hydrogen (secondary N) is 1. The number of thiophene rings is 2. The van der Waals surface area contributed by atoms with Gasteiger partial charge < -0.3 is 5.32 Å². The Morgan fingerprint density at radius 3 is 2.88 bits per heavy atom. The topological polar surface area (TPSA) is 12.0 Å². The standard InChI is InChI=1S/C12H14BrNS2/c1-9(4-10-2-3-15-7-10)14-6-11-5-12(13)16-8-11/h2-3,5,7-9,14H,4,6H2,1H3. The Labute approximate surface area is 113 Å². The summed E-state index contributed by atoms with van der Waals surface area (Å²) in [7, 11) is 0. The van der Waals surface area contributed by atoms with E-state index < -0.39 is 0 Å². The number of rotatable bonds is 5. The summed E-state index contributed by atoms with van der Waals surface area (Å²) in [5, 5.41) is 10.1. The van der Waals surface area contributed by atoms with Crippen LogP contribution in [0.1, 0.15) is 18.1 Å². The van der Waals surface area contributed by atoms with Crippen molar-refractivity contribution in [2.45, 2.75) is 25.9 Å². The van der Waals surface area contributed by atoms with Crippen LogP contribution in [0, 0.1) is 0 Å². The van der Waals surface area contributed by atoms with Gasteiger partial charge in [0.05, 0.1) is 3.79 Å². The van der Waals surface area contributed by atoms with Gasteiger partial charge in [-0.3, -0.25) is 0 Å². The Balaban J connectivity index is 1.77. The molecule has 0 spiro atoms. The first-order chi connectivity index (χ1) is 7.74. The molecule has 4 heteroatoms. The average Bonchev–Trinajstić information content (AvgIpc) is 2.87. The molecule has 2 aromatic rings. The van der Waals surface area contributed by atoms with E-state index in [1.54, 1.807) is 22.7 Å². The van der Waals surface area contributed by atoms with Gasteiger partial charge in [0.1, 0.15) is 0 Å². The minimum absolute atomic E-state index is 0.522. The number of hydrogen-bond donors (Lipinski definition) is 1. The molecule has 0 fully saturated rings. The lowest BCUT2D eigenvalue weighted by Gasteiger charge is -2.12. The third-order valence-corrected chi connectivity index (χ3v) is 4.68. The van der Waals surface area contributed by atoms with Crippen molar-refractivity contribution >= 4 is 38.6 Å². The fraction of sp³-hybridized carbons (Fsp3) is 0.333. The maximum absolute atomic E-state index is 3.54. The summed E-state index contributed by atoms with van der Waals surface area (Å²) in [6, 6.07) is 4.90. The molecule has 0 saturated heterocycles. The molecular formula is C12H14BrNS2. The van der Waals surface area contributed by atoms with E-state index in [4.69, 9.17) is 0 Å². The molecule has 0 radical (unpaired) electrons. The van der Waals surface area contributed by atoms with Gasteiger partial charge in [0.25, 0.3) is 0 Å². The van der Waals surface area contributed by atoms with Crippen molar-refractivity contribution < 1.29 is 0 Å². The van der Waals surface area contributed by atoms with E-state index in [-0.39, 0.29) is 0 Å². The van der Waals surface area contributed by atoms with Crippen molar-refractivity contribution in [2.24, 2.45) is 0 Å². The molecule has 16 heavy (non-hydrogen) atoms. The third kappa shape index (κ3) is 3.70. The molecule has 0 bridgehead atoms. The van der Waals surface area contributed by atoms with Crippen LogP contribution in [0.25, 0.3) is 0 Å². The van der Waals surface area contributed by atoms with E-state index in [0.29, 0.717) is 6.04 Å². The Bertz CT molecular complexity index is 422. The van der Waals surface area contributed by atoms with Crippen LogP contribution in [-0.4, -0.2) is 6.04 Å². The highest BCUT2D eigenvalue weighted by Crippen LogP contribution is 2.20. The lowest BCUT2D eigenvalue weighted by atomic mass is 10.1. The zero-order chi connectivity index (χ0) is 11.4. The van der Waals surface area contributed by atoms with E-state index in [1.165, 1.54) is 14.9 Å². The molecule has 2 aromatic heterocycles. The molecule has 1 nitrogen and oxygen atoms in total. The van der Waals surface area contributed by atoms with Crippen molar-refractivity contribution in [1.29, 1.82) is 0 Å². The lowest BCUT2D eigenvalue weighted by molar-refractivity contribution is 0.546. The SMILES string of the molecule is CC(Cc1ccsc1)NCc1csc(Br)c1. The summed E-state index contributed by atoms with van der Waals surface area (Å²) in [6.45, 7) is 3.19. The minimum atomic E-state index is 0.522. The third-order valence-electron chi connectivity index (χ3n) is 2.40. The maximum atomic E-state index is 3.54. The molecule has 1 atom stereocenters. The van der Waals surface area contributed by atoms with Crippen LogP contribution in [0.3, 0.4) is 0 Å². The normalized spacial score (nSPS) is 12.9. The molecule has 0 saturated carbocycles. The fourth-order valence-corrected chi connectivity index (χ4v) is 3.46. The van der Waals surface area contributed by atoms with Gasteiger partial charge in [0, 0.05) is 12.6 Å². The van der Waals surface area contributed by atoms with Crippen molar-refractivity contribution in [1.82, 2.24) is 5.32 Å². The number of hydrogen-bond acceptors (Lipinski definition) is 3. The second-order valence-electron chi connectivity index (χ2n) is 3.88. The minimum Gasteiger partial charge on any atom is -0.310 e. The van der Waals surface area contributed by atoms with Crippen LogP contribution < -0.4 is 5.32 Å². The molecule has 1 unspecified atom stereocenters. The predicted octanol–water partition coefficient (Wildman–Crippen LogP) is 4.29. The lowest BCUT2D eigenvalue weighted by Crippen LogP contribution is -2.27. The molecule has 0 aliphatic heterocycles. The first kappa shape index (κ1) is 12.3. The molecule has 2 rings (SSSR count). The van der Waals surface area contributed by atoms with Gasteiger partial charge in [-0.1, -0.05) is 0 Å². The van der Waals surface area contributed by atoms with Crippen LogP contribution in [-0.2, 0) is 13.0 Å². The van der Waals surface area contributed by atoms with Crippen molar-refractivity contribution in [3.63, 3.8) is 0 Å². The summed E-state index contributed by atoms with van der Waals surface area (Å²) in [4.78, 5) is 0. The van der Waals surface area contributed by atoms with Gasteiger partial charge in [-0.25, -0.2) is 0 Å². The van der Waals surface area contributed by atoms with Gasteiger partial charge in [0.15, 0.2) is 0 Å². The molecule has 0 aromatic carbocycles. The van der Waals surface area contributed by atoms with Crippen LogP contribution >= 0.6 is 38.6 Å². The van der Waals surface area contributed by atoms with Crippen LogP contribution in [0.5, 0.6) is 0 Å². The first-order valence-corrected chi connectivity index (χ1v) is 7.83.